The largest absolute Gasteiger partial charge is 0.297 e. The van der Waals surface area contributed by atoms with Gasteiger partial charge in [0.15, 0.2) is 0 Å². The lowest BCUT2D eigenvalue weighted by atomic mass is 9.80. The number of allylic oxidation sites excluding steroid dienone is 1. The first kappa shape index (κ1) is 13.6. The molecule has 1 saturated carbocycles. The van der Waals surface area contributed by atoms with Gasteiger partial charge in [-0.15, -0.1) is 0 Å². The van der Waals surface area contributed by atoms with Crippen molar-refractivity contribution in [3.05, 3.63) is 12.7 Å². The molecule has 1 aliphatic rings. The van der Waals surface area contributed by atoms with Gasteiger partial charge in [-0.1, -0.05) is 13.0 Å². The fourth-order valence-corrected chi connectivity index (χ4v) is 2.29. The van der Waals surface area contributed by atoms with Gasteiger partial charge in [0.2, 0.25) is 0 Å². The van der Waals surface area contributed by atoms with Crippen molar-refractivity contribution < 1.29 is 0 Å². The summed E-state index contributed by atoms with van der Waals surface area (Å²) >= 11 is 1.81. The molecule has 0 saturated heterocycles. The summed E-state index contributed by atoms with van der Waals surface area (Å²) in [6.45, 7) is 8.30. The molecule has 2 nitrogen and oxygen atoms in total. The number of rotatable bonds is 6. The van der Waals surface area contributed by atoms with E-state index in [9.17, 15) is 0 Å². The molecule has 0 N–H and O–H groups in total. The van der Waals surface area contributed by atoms with Gasteiger partial charge in [-0.2, -0.15) is 16.9 Å². The van der Waals surface area contributed by atoms with Crippen molar-refractivity contribution in [2.75, 3.05) is 13.3 Å². The maximum absolute atomic E-state index is 4.68. The average Bonchev–Trinajstić information content (AvgIpc) is 2.21. The second-order valence-electron chi connectivity index (χ2n) is 4.61. The molecule has 1 aliphatic carbocycles. The lowest BCUT2D eigenvalue weighted by Gasteiger charge is -2.36. The topological polar surface area (TPSA) is 15.6 Å². The highest BCUT2D eigenvalue weighted by molar-refractivity contribution is 7.99. The van der Waals surface area contributed by atoms with Crippen LogP contribution in [-0.4, -0.2) is 35.3 Å². The fraction of sp³-hybridized carbons (Fsp3) is 0.769. The van der Waals surface area contributed by atoms with Gasteiger partial charge < -0.3 is 0 Å². The van der Waals surface area contributed by atoms with Crippen LogP contribution in [0.5, 0.6) is 0 Å². The Morgan fingerprint density at radius 1 is 1.50 bits per heavy atom. The fourth-order valence-electron chi connectivity index (χ4n) is 1.91. The number of nitrogens with zero attached hydrogens (tertiary/aromatic N) is 2. The van der Waals surface area contributed by atoms with E-state index in [-0.39, 0.29) is 0 Å². The Morgan fingerprint density at radius 3 is 2.50 bits per heavy atom. The number of thioether (sulfide) groups is 1. The van der Waals surface area contributed by atoms with E-state index >= 15 is 0 Å². The molecule has 1 fully saturated rings. The maximum atomic E-state index is 4.68. The zero-order valence-electron chi connectivity index (χ0n) is 10.9. The van der Waals surface area contributed by atoms with Crippen LogP contribution in [0.1, 0.15) is 33.1 Å². The van der Waals surface area contributed by atoms with E-state index in [0.29, 0.717) is 11.3 Å². The highest BCUT2D eigenvalue weighted by atomic mass is 32.2. The molecule has 0 bridgehead atoms. The SMILES string of the molecule is C=C/C(=N\N(C)C(C)C1CCC1)C(C)SC. The zero-order valence-corrected chi connectivity index (χ0v) is 11.8. The van der Waals surface area contributed by atoms with Crippen molar-refractivity contribution in [1.82, 2.24) is 5.01 Å². The Labute approximate surface area is 104 Å². The molecular formula is C13H24N2S. The molecule has 16 heavy (non-hydrogen) atoms. The van der Waals surface area contributed by atoms with Crippen LogP contribution in [0.15, 0.2) is 17.8 Å². The van der Waals surface area contributed by atoms with Crippen molar-refractivity contribution in [1.29, 1.82) is 0 Å². The van der Waals surface area contributed by atoms with E-state index in [2.05, 4.69) is 43.8 Å². The Morgan fingerprint density at radius 2 is 2.12 bits per heavy atom. The summed E-state index contributed by atoms with van der Waals surface area (Å²) in [5.74, 6) is 0.837. The predicted octanol–water partition coefficient (Wildman–Crippen LogP) is 3.40. The third-order valence-corrected chi connectivity index (χ3v) is 4.62. The highest BCUT2D eigenvalue weighted by Gasteiger charge is 2.26. The lowest BCUT2D eigenvalue weighted by molar-refractivity contribution is 0.136. The molecule has 2 unspecified atom stereocenters. The Balaban J connectivity index is 2.60. The van der Waals surface area contributed by atoms with Crippen molar-refractivity contribution in [2.45, 2.75) is 44.4 Å². The molecule has 0 amide bonds. The van der Waals surface area contributed by atoms with Crippen LogP contribution in [0.25, 0.3) is 0 Å². The average molecular weight is 240 g/mol. The number of hydrogen-bond acceptors (Lipinski definition) is 3. The maximum Gasteiger partial charge on any atom is 0.0726 e. The van der Waals surface area contributed by atoms with Crippen LogP contribution in [0.4, 0.5) is 0 Å². The van der Waals surface area contributed by atoms with Crippen LogP contribution in [0.3, 0.4) is 0 Å². The second-order valence-corrected chi connectivity index (χ2v) is 5.79. The van der Waals surface area contributed by atoms with Gasteiger partial charge in [0.1, 0.15) is 0 Å². The monoisotopic (exact) mass is 240 g/mol. The Hall–Kier alpha value is -0.440. The van der Waals surface area contributed by atoms with E-state index in [1.54, 1.807) is 0 Å². The first-order chi connectivity index (χ1) is 7.60. The molecule has 92 valence electrons. The Bertz CT molecular complexity index is 259. The van der Waals surface area contributed by atoms with Crippen LogP contribution < -0.4 is 0 Å². The van der Waals surface area contributed by atoms with Crippen molar-refractivity contribution >= 4 is 17.5 Å². The second kappa shape index (κ2) is 6.33. The molecule has 0 aromatic rings. The molecule has 0 aromatic heterocycles. The van der Waals surface area contributed by atoms with Gasteiger partial charge in [-0.3, -0.25) is 5.01 Å². The zero-order chi connectivity index (χ0) is 12.1. The summed E-state index contributed by atoms with van der Waals surface area (Å²) in [6.07, 6.45) is 8.11. The molecule has 0 heterocycles. The van der Waals surface area contributed by atoms with Crippen molar-refractivity contribution in [2.24, 2.45) is 11.0 Å². The normalized spacial score (nSPS) is 21.1. The standard InChI is InChI=1S/C13H24N2S/c1-6-13(11(3)16-5)14-15(4)10(2)12-8-7-9-12/h6,10-12H,1,7-9H2,2-5H3/b14-13+. The molecule has 0 aliphatic heterocycles. The van der Waals surface area contributed by atoms with Crippen molar-refractivity contribution in [3.63, 3.8) is 0 Å². The van der Waals surface area contributed by atoms with Crippen LogP contribution in [0, 0.1) is 5.92 Å². The van der Waals surface area contributed by atoms with Gasteiger partial charge in [-0.05, 0) is 44.9 Å². The summed E-state index contributed by atoms with van der Waals surface area (Å²) in [5.41, 5.74) is 1.08. The van der Waals surface area contributed by atoms with Crippen LogP contribution >= 0.6 is 11.8 Å². The van der Waals surface area contributed by atoms with E-state index in [0.717, 1.165) is 11.6 Å². The summed E-state index contributed by atoms with van der Waals surface area (Å²) in [4.78, 5) is 0. The van der Waals surface area contributed by atoms with Gasteiger partial charge in [0.25, 0.3) is 0 Å². The van der Waals surface area contributed by atoms with Gasteiger partial charge in [-0.25, -0.2) is 0 Å². The van der Waals surface area contributed by atoms with Gasteiger partial charge in [0.05, 0.1) is 5.71 Å². The highest BCUT2D eigenvalue weighted by Crippen LogP contribution is 2.31. The summed E-state index contributed by atoms with van der Waals surface area (Å²) in [5, 5.41) is 7.22. The quantitative estimate of drug-likeness (QED) is 0.522. The van der Waals surface area contributed by atoms with Crippen LogP contribution in [-0.2, 0) is 0 Å². The van der Waals surface area contributed by atoms with E-state index in [1.165, 1.54) is 19.3 Å². The van der Waals surface area contributed by atoms with Crippen molar-refractivity contribution in [3.8, 4) is 0 Å². The van der Waals surface area contributed by atoms with E-state index in [1.807, 2.05) is 17.8 Å². The molecule has 0 spiro atoms. The lowest BCUT2D eigenvalue weighted by Crippen LogP contribution is -2.36. The minimum Gasteiger partial charge on any atom is -0.297 e. The first-order valence-electron chi connectivity index (χ1n) is 6.06. The van der Waals surface area contributed by atoms with Gasteiger partial charge >= 0.3 is 0 Å². The minimum absolute atomic E-state index is 0.425. The third-order valence-electron chi connectivity index (χ3n) is 3.67. The number of hydrazone groups is 1. The predicted molar refractivity (Wildman–Crippen MR) is 75.2 cm³/mol. The summed E-state index contributed by atoms with van der Waals surface area (Å²) in [6, 6.07) is 0.553. The third kappa shape index (κ3) is 3.27. The minimum atomic E-state index is 0.425. The molecular weight excluding hydrogens is 216 g/mol. The summed E-state index contributed by atoms with van der Waals surface area (Å²) < 4.78 is 0. The molecule has 0 aromatic carbocycles. The first-order valence-corrected chi connectivity index (χ1v) is 7.35. The molecule has 1 rings (SSSR count). The molecule has 0 radical (unpaired) electrons. The number of hydrogen-bond donors (Lipinski definition) is 0. The van der Waals surface area contributed by atoms with E-state index < -0.39 is 0 Å². The van der Waals surface area contributed by atoms with Crippen LogP contribution in [0.2, 0.25) is 0 Å². The molecule has 3 heteroatoms. The Kier molecular flexibility index (Phi) is 5.39. The van der Waals surface area contributed by atoms with E-state index in [4.69, 9.17) is 0 Å². The molecule has 2 atom stereocenters. The smallest absolute Gasteiger partial charge is 0.0726 e. The van der Waals surface area contributed by atoms with Gasteiger partial charge in [0, 0.05) is 18.3 Å². The summed E-state index contributed by atoms with van der Waals surface area (Å²) in [7, 11) is 2.08.